The molecule has 1 saturated heterocycles. The van der Waals surface area contributed by atoms with Gasteiger partial charge in [0.25, 0.3) is 5.88 Å². The van der Waals surface area contributed by atoms with Crippen LogP contribution in [0.2, 0.25) is 0 Å². The van der Waals surface area contributed by atoms with Crippen molar-refractivity contribution in [3.05, 3.63) is 59.7 Å². The van der Waals surface area contributed by atoms with Crippen LogP contribution < -0.4 is 10.3 Å². The molecule has 28 heavy (non-hydrogen) atoms. The molecule has 0 aliphatic carbocycles. The molecule has 2 heterocycles. The largest absolute Gasteiger partial charge is 0.491 e. The van der Waals surface area contributed by atoms with E-state index in [-0.39, 0.29) is 11.5 Å². The Balaban J connectivity index is 1.58. The summed E-state index contributed by atoms with van der Waals surface area (Å²) >= 11 is 0. The highest BCUT2D eigenvalue weighted by Gasteiger charge is 2.25. The van der Waals surface area contributed by atoms with Crippen LogP contribution in [0, 0.1) is 11.6 Å². The number of aromatic hydroxyl groups is 1. The van der Waals surface area contributed by atoms with Crippen LogP contribution in [-0.2, 0) is 0 Å². The summed E-state index contributed by atoms with van der Waals surface area (Å²) in [5, 5.41) is 16.0. The molecule has 1 aliphatic heterocycles. The van der Waals surface area contributed by atoms with Gasteiger partial charge in [-0.05, 0) is 41.7 Å². The van der Waals surface area contributed by atoms with Crippen LogP contribution in [0.1, 0.15) is 24.8 Å². The Morgan fingerprint density at radius 3 is 2.54 bits per heavy atom. The van der Waals surface area contributed by atoms with Gasteiger partial charge in [-0.15, -0.1) is 0 Å². The second kappa shape index (κ2) is 7.80. The van der Waals surface area contributed by atoms with Crippen LogP contribution in [0.4, 0.5) is 20.3 Å². The van der Waals surface area contributed by atoms with E-state index in [1.807, 2.05) is 42.5 Å². The first kappa shape index (κ1) is 18.2. The first-order valence-electron chi connectivity index (χ1n) is 9.24. The van der Waals surface area contributed by atoms with Crippen molar-refractivity contribution in [2.24, 2.45) is 5.10 Å². The fourth-order valence-corrected chi connectivity index (χ4v) is 3.44. The van der Waals surface area contributed by atoms with E-state index in [0.29, 0.717) is 13.1 Å². The molecule has 2 aromatic carbocycles. The van der Waals surface area contributed by atoms with Crippen molar-refractivity contribution >= 4 is 28.5 Å². The highest BCUT2D eigenvalue weighted by atomic mass is 19.1. The number of pyridine rings is 1. The van der Waals surface area contributed by atoms with E-state index in [2.05, 4.69) is 15.5 Å². The standard InChI is InChI=1S/C21H20F2N4O/c22-17-19(27-10-4-1-5-11-27)18(23)21(28)25-20(17)26-24-13-14-8-9-15-6-2-3-7-16(15)12-14/h2-3,6-9,12-13H,1,4-5,10-11H2,(H2,25,26,28)/b24-13+. The Kier molecular flexibility index (Phi) is 5.06. The molecule has 1 aromatic heterocycles. The molecule has 0 bridgehead atoms. The normalized spacial score (nSPS) is 14.7. The minimum atomic E-state index is -1.04. The maximum atomic E-state index is 14.8. The van der Waals surface area contributed by atoms with Crippen LogP contribution in [0.25, 0.3) is 10.8 Å². The Labute approximate surface area is 161 Å². The molecule has 0 spiro atoms. The first-order chi connectivity index (χ1) is 13.6. The predicted molar refractivity (Wildman–Crippen MR) is 107 cm³/mol. The minimum absolute atomic E-state index is 0.254. The van der Waals surface area contributed by atoms with E-state index in [1.165, 1.54) is 6.21 Å². The van der Waals surface area contributed by atoms with Crippen molar-refractivity contribution < 1.29 is 13.9 Å². The number of nitrogens with zero attached hydrogens (tertiary/aromatic N) is 3. The molecule has 3 aromatic rings. The van der Waals surface area contributed by atoms with Crippen molar-refractivity contribution in [1.82, 2.24) is 4.98 Å². The van der Waals surface area contributed by atoms with Crippen molar-refractivity contribution in [3.63, 3.8) is 0 Å². The molecule has 0 amide bonds. The predicted octanol–water partition coefficient (Wildman–Crippen LogP) is 4.65. The number of benzene rings is 2. The van der Waals surface area contributed by atoms with Gasteiger partial charge in [-0.1, -0.05) is 36.4 Å². The highest BCUT2D eigenvalue weighted by Crippen LogP contribution is 2.34. The number of hydrogen-bond acceptors (Lipinski definition) is 5. The smallest absolute Gasteiger partial charge is 0.252 e. The summed E-state index contributed by atoms with van der Waals surface area (Å²) < 4.78 is 29.1. The van der Waals surface area contributed by atoms with Gasteiger partial charge in [0.05, 0.1) is 6.21 Å². The van der Waals surface area contributed by atoms with Gasteiger partial charge < -0.3 is 10.0 Å². The molecule has 0 radical (unpaired) electrons. The number of rotatable bonds is 4. The van der Waals surface area contributed by atoms with E-state index >= 15 is 0 Å². The van der Waals surface area contributed by atoms with Crippen LogP contribution in [0.3, 0.4) is 0 Å². The summed E-state index contributed by atoms with van der Waals surface area (Å²) in [4.78, 5) is 5.17. The van der Waals surface area contributed by atoms with Gasteiger partial charge in [-0.25, -0.2) is 4.39 Å². The summed E-state index contributed by atoms with van der Waals surface area (Å²) in [6.07, 6.45) is 4.25. The summed E-state index contributed by atoms with van der Waals surface area (Å²) in [6, 6.07) is 13.7. The summed E-state index contributed by atoms with van der Waals surface area (Å²) in [5.41, 5.74) is 3.05. The van der Waals surface area contributed by atoms with Crippen LogP contribution in [0.5, 0.6) is 5.88 Å². The molecule has 4 rings (SSSR count). The summed E-state index contributed by atoms with van der Waals surface area (Å²) in [5.74, 6) is -3.04. The zero-order chi connectivity index (χ0) is 19.5. The Bertz CT molecular complexity index is 1030. The van der Waals surface area contributed by atoms with E-state index in [1.54, 1.807) is 4.90 Å². The maximum Gasteiger partial charge on any atom is 0.252 e. The SMILES string of the molecule is Oc1nc(N/N=C/c2ccc3ccccc3c2)c(F)c(N2CCCCC2)c1F. The monoisotopic (exact) mass is 382 g/mol. The fourth-order valence-electron chi connectivity index (χ4n) is 3.44. The van der Waals surface area contributed by atoms with E-state index in [0.717, 1.165) is 35.6 Å². The second-order valence-corrected chi connectivity index (χ2v) is 6.78. The van der Waals surface area contributed by atoms with Gasteiger partial charge >= 0.3 is 0 Å². The number of anilines is 2. The van der Waals surface area contributed by atoms with Crippen LogP contribution >= 0.6 is 0 Å². The molecule has 7 heteroatoms. The Morgan fingerprint density at radius 2 is 1.75 bits per heavy atom. The third-order valence-corrected chi connectivity index (χ3v) is 4.87. The number of piperidine rings is 1. The lowest BCUT2D eigenvalue weighted by Crippen LogP contribution is -2.31. The van der Waals surface area contributed by atoms with E-state index in [9.17, 15) is 13.9 Å². The molecule has 1 aliphatic rings. The Hall–Kier alpha value is -3.22. The molecule has 0 saturated carbocycles. The van der Waals surface area contributed by atoms with E-state index in [4.69, 9.17) is 0 Å². The lowest BCUT2D eigenvalue weighted by Gasteiger charge is -2.29. The topological polar surface area (TPSA) is 60.8 Å². The number of hydrazone groups is 1. The van der Waals surface area contributed by atoms with Crippen molar-refractivity contribution in [2.45, 2.75) is 19.3 Å². The molecule has 1 fully saturated rings. The van der Waals surface area contributed by atoms with Crippen molar-refractivity contribution in [2.75, 3.05) is 23.4 Å². The molecule has 2 N–H and O–H groups in total. The average molecular weight is 382 g/mol. The molecular weight excluding hydrogens is 362 g/mol. The van der Waals surface area contributed by atoms with Crippen molar-refractivity contribution in [3.8, 4) is 5.88 Å². The molecule has 144 valence electrons. The number of halogens is 2. The van der Waals surface area contributed by atoms with Gasteiger partial charge in [-0.2, -0.15) is 14.5 Å². The minimum Gasteiger partial charge on any atom is -0.491 e. The number of fused-ring (bicyclic) bond motifs is 1. The van der Waals surface area contributed by atoms with Gasteiger partial charge in [0.2, 0.25) is 5.82 Å². The number of hydrogen-bond donors (Lipinski definition) is 2. The fraction of sp³-hybridized carbons (Fsp3) is 0.238. The summed E-state index contributed by atoms with van der Waals surface area (Å²) in [7, 11) is 0. The average Bonchev–Trinajstić information content (AvgIpc) is 2.72. The molecule has 0 atom stereocenters. The zero-order valence-corrected chi connectivity index (χ0v) is 15.2. The lowest BCUT2D eigenvalue weighted by molar-refractivity contribution is 0.404. The number of aromatic nitrogens is 1. The van der Waals surface area contributed by atoms with Gasteiger partial charge in [-0.3, -0.25) is 5.43 Å². The first-order valence-corrected chi connectivity index (χ1v) is 9.24. The number of nitrogens with one attached hydrogen (secondary N) is 1. The molecular formula is C21H20F2N4O. The van der Waals surface area contributed by atoms with Gasteiger partial charge in [0.1, 0.15) is 5.69 Å². The van der Waals surface area contributed by atoms with Gasteiger partial charge in [0.15, 0.2) is 11.6 Å². The Morgan fingerprint density at radius 1 is 1.00 bits per heavy atom. The second-order valence-electron chi connectivity index (χ2n) is 6.78. The summed E-state index contributed by atoms with van der Waals surface area (Å²) in [6.45, 7) is 1.08. The van der Waals surface area contributed by atoms with Crippen LogP contribution in [0.15, 0.2) is 47.6 Å². The third-order valence-electron chi connectivity index (χ3n) is 4.87. The maximum absolute atomic E-state index is 14.8. The van der Waals surface area contributed by atoms with Crippen molar-refractivity contribution in [1.29, 1.82) is 0 Å². The highest BCUT2D eigenvalue weighted by molar-refractivity contribution is 5.90. The third kappa shape index (κ3) is 3.60. The van der Waals surface area contributed by atoms with Gasteiger partial charge in [0, 0.05) is 13.1 Å². The van der Waals surface area contributed by atoms with E-state index < -0.39 is 17.5 Å². The zero-order valence-electron chi connectivity index (χ0n) is 15.2. The molecule has 0 unspecified atom stereocenters. The molecule has 5 nitrogen and oxygen atoms in total. The lowest BCUT2D eigenvalue weighted by atomic mass is 10.1. The quantitative estimate of drug-likeness (QED) is 0.509. The van der Waals surface area contributed by atoms with Crippen LogP contribution in [-0.4, -0.2) is 29.4 Å².